The largest absolute Gasteiger partial charge is 0.496 e. The minimum atomic E-state index is -1.64. The van der Waals surface area contributed by atoms with Crippen LogP contribution in [0.15, 0.2) is 30.3 Å². The van der Waals surface area contributed by atoms with Crippen molar-refractivity contribution in [2.45, 2.75) is 30.5 Å². The van der Waals surface area contributed by atoms with Gasteiger partial charge in [-0.1, -0.05) is 12.1 Å². The van der Waals surface area contributed by atoms with Crippen LogP contribution in [0.5, 0.6) is 28.7 Å². The third-order valence-electron chi connectivity index (χ3n) is 6.15. The van der Waals surface area contributed by atoms with Crippen LogP contribution in [0.25, 0.3) is 6.08 Å². The van der Waals surface area contributed by atoms with Crippen molar-refractivity contribution in [3.63, 3.8) is 0 Å². The molecule has 1 saturated heterocycles. The normalized spacial score (nSPS) is 23.5. The second kappa shape index (κ2) is 12.3. The Morgan fingerprint density at radius 1 is 0.838 bits per heavy atom. The van der Waals surface area contributed by atoms with Gasteiger partial charge < -0.3 is 48.8 Å². The fourth-order valence-corrected chi connectivity index (χ4v) is 4.22. The van der Waals surface area contributed by atoms with E-state index in [1.165, 1.54) is 47.7 Å². The van der Waals surface area contributed by atoms with Crippen LogP contribution >= 0.6 is 0 Å². The van der Waals surface area contributed by atoms with Gasteiger partial charge in [0.2, 0.25) is 0 Å². The number of ether oxygens (including phenoxy) is 6. The fraction of sp³-hybridized carbons (Fsp3) is 0.423. The van der Waals surface area contributed by atoms with E-state index in [2.05, 4.69) is 0 Å². The molecule has 0 aliphatic carbocycles. The molecule has 2 aromatic carbocycles. The Bertz CT molecular complexity index is 1130. The highest BCUT2D eigenvalue weighted by molar-refractivity contribution is 6.11. The number of aliphatic hydroxyl groups is 4. The SMILES string of the molecule is COc1ccc(/C=C/C(=O)c2c(OC)cc(OC)c([C@@H]3O[C@H](CO)[C@@H](O)[C@H](O)[C@H]3O)c2OC)cc1OC. The first-order valence-corrected chi connectivity index (χ1v) is 11.3. The van der Waals surface area contributed by atoms with Gasteiger partial charge in [-0.2, -0.15) is 0 Å². The van der Waals surface area contributed by atoms with Gasteiger partial charge in [-0.15, -0.1) is 0 Å². The maximum atomic E-state index is 13.4. The Labute approximate surface area is 214 Å². The number of carbonyl (C=O) groups excluding carboxylic acids is 1. The summed E-state index contributed by atoms with van der Waals surface area (Å²) in [5.74, 6) is 0.761. The Morgan fingerprint density at radius 2 is 1.49 bits per heavy atom. The Hall–Kier alpha value is -3.35. The number of hydrogen-bond donors (Lipinski definition) is 4. The van der Waals surface area contributed by atoms with Gasteiger partial charge in [-0.3, -0.25) is 4.79 Å². The number of hydrogen-bond acceptors (Lipinski definition) is 11. The molecule has 0 saturated carbocycles. The predicted molar refractivity (Wildman–Crippen MR) is 132 cm³/mol. The highest BCUT2D eigenvalue weighted by atomic mass is 16.6. The third-order valence-corrected chi connectivity index (χ3v) is 6.15. The van der Waals surface area contributed by atoms with Gasteiger partial charge in [0.05, 0.1) is 47.7 Å². The highest BCUT2D eigenvalue weighted by Crippen LogP contribution is 2.47. The lowest BCUT2D eigenvalue weighted by molar-refractivity contribution is -0.232. The van der Waals surface area contributed by atoms with E-state index in [0.717, 1.165) is 0 Å². The Morgan fingerprint density at radius 3 is 2.05 bits per heavy atom. The van der Waals surface area contributed by atoms with E-state index in [4.69, 9.17) is 28.4 Å². The minimum Gasteiger partial charge on any atom is -0.496 e. The van der Waals surface area contributed by atoms with Crippen molar-refractivity contribution in [2.75, 3.05) is 42.2 Å². The molecule has 11 heteroatoms. The standard InChI is InChI=1S/C26H32O11/c1-32-15-9-7-13(10-16(15)33-2)6-8-14(28)20-17(34-3)11-18(35-4)21(25(20)36-5)26-24(31)23(30)22(29)19(12-27)37-26/h6-11,19,22-24,26-27,29-31H,12H2,1-5H3/b8-6+/t19-,22-,23+,24-,26+/m1/s1. The molecule has 1 aliphatic rings. The van der Waals surface area contributed by atoms with Gasteiger partial charge in [-0.25, -0.2) is 0 Å². The molecule has 3 rings (SSSR count). The topological polar surface area (TPSA) is 153 Å². The zero-order valence-corrected chi connectivity index (χ0v) is 21.2. The molecule has 11 nitrogen and oxygen atoms in total. The molecule has 0 spiro atoms. The summed E-state index contributed by atoms with van der Waals surface area (Å²) < 4.78 is 32.7. The Balaban J connectivity index is 2.11. The predicted octanol–water partition coefficient (Wildman–Crippen LogP) is 1.14. The maximum absolute atomic E-state index is 13.4. The molecule has 0 amide bonds. The summed E-state index contributed by atoms with van der Waals surface area (Å²) in [6.45, 7) is -0.623. The molecule has 1 aliphatic heterocycles. The molecule has 0 radical (unpaired) electrons. The van der Waals surface area contributed by atoms with Gasteiger partial charge >= 0.3 is 0 Å². The van der Waals surface area contributed by atoms with E-state index in [9.17, 15) is 25.2 Å². The van der Waals surface area contributed by atoms with Crippen LogP contribution < -0.4 is 23.7 Å². The van der Waals surface area contributed by atoms with E-state index in [1.807, 2.05) is 0 Å². The van der Waals surface area contributed by atoms with E-state index in [-0.39, 0.29) is 28.4 Å². The van der Waals surface area contributed by atoms with Crippen molar-refractivity contribution in [3.8, 4) is 28.7 Å². The zero-order chi connectivity index (χ0) is 27.3. The zero-order valence-electron chi connectivity index (χ0n) is 21.2. The Kier molecular flexibility index (Phi) is 9.35. The summed E-state index contributed by atoms with van der Waals surface area (Å²) in [6.07, 6.45) is -4.43. The van der Waals surface area contributed by atoms with Crippen LogP contribution in [0, 0.1) is 0 Å². The number of benzene rings is 2. The van der Waals surface area contributed by atoms with Gasteiger partial charge in [0.15, 0.2) is 17.3 Å². The molecule has 37 heavy (non-hydrogen) atoms. The molecule has 0 unspecified atom stereocenters. The van der Waals surface area contributed by atoms with Crippen molar-refractivity contribution in [1.29, 1.82) is 0 Å². The first kappa shape index (κ1) is 28.2. The fourth-order valence-electron chi connectivity index (χ4n) is 4.22. The maximum Gasteiger partial charge on any atom is 0.193 e. The second-order valence-electron chi connectivity index (χ2n) is 8.16. The molecular formula is C26H32O11. The molecule has 0 bridgehead atoms. The van der Waals surface area contributed by atoms with Gasteiger partial charge in [0.25, 0.3) is 0 Å². The number of aliphatic hydroxyl groups excluding tert-OH is 4. The summed E-state index contributed by atoms with van der Waals surface area (Å²) in [4.78, 5) is 13.4. The summed E-state index contributed by atoms with van der Waals surface area (Å²) in [5, 5.41) is 40.9. The molecule has 202 valence electrons. The quantitative estimate of drug-likeness (QED) is 0.263. The lowest BCUT2D eigenvalue weighted by Gasteiger charge is -2.41. The minimum absolute atomic E-state index is 0.00878. The number of allylic oxidation sites excluding steroid dienone is 1. The van der Waals surface area contributed by atoms with Gasteiger partial charge in [0, 0.05) is 6.07 Å². The van der Waals surface area contributed by atoms with Crippen LogP contribution in [0.3, 0.4) is 0 Å². The van der Waals surface area contributed by atoms with Crippen molar-refractivity contribution in [2.24, 2.45) is 0 Å². The first-order chi connectivity index (χ1) is 17.8. The number of carbonyl (C=O) groups is 1. The highest BCUT2D eigenvalue weighted by Gasteiger charge is 2.46. The van der Waals surface area contributed by atoms with Gasteiger partial charge in [-0.05, 0) is 23.8 Å². The number of ketones is 1. The van der Waals surface area contributed by atoms with Crippen molar-refractivity contribution in [3.05, 3.63) is 47.0 Å². The van der Waals surface area contributed by atoms with Crippen molar-refractivity contribution >= 4 is 11.9 Å². The molecule has 0 aromatic heterocycles. The van der Waals surface area contributed by atoms with E-state index in [1.54, 1.807) is 24.3 Å². The second-order valence-corrected chi connectivity index (χ2v) is 8.16. The third kappa shape index (κ3) is 5.50. The van der Waals surface area contributed by atoms with E-state index >= 15 is 0 Å². The smallest absolute Gasteiger partial charge is 0.193 e. The molecule has 5 atom stereocenters. The summed E-state index contributed by atoms with van der Waals surface area (Å²) >= 11 is 0. The molecule has 1 fully saturated rings. The van der Waals surface area contributed by atoms with Crippen LogP contribution in [-0.4, -0.2) is 92.8 Å². The molecular weight excluding hydrogens is 488 g/mol. The van der Waals surface area contributed by atoms with Crippen LogP contribution in [0.4, 0.5) is 0 Å². The van der Waals surface area contributed by atoms with Crippen LogP contribution in [0.1, 0.15) is 27.6 Å². The number of methoxy groups -OCH3 is 5. The lowest BCUT2D eigenvalue weighted by atomic mass is 9.88. The van der Waals surface area contributed by atoms with Crippen molar-refractivity contribution < 1.29 is 53.6 Å². The summed E-state index contributed by atoms with van der Waals surface area (Å²) in [5.41, 5.74) is 0.770. The lowest BCUT2D eigenvalue weighted by Crippen LogP contribution is -2.55. The van der Waals surface area contributed by atoms with E-state index < -0.39 is 42.9 Å². The first-order valence-electron chi connectivity index (χ1n) is 11.3. The summed E-state index contributed by atoms with van der Waals surface area (Å²) in [6, 6.07) is 6.57. The average Bonchev–Trinajstić information content (AvgIpc) is 2.93. The number of rotatable bonds is 10. The van der Waals surface area contributed by atoms with Crippen LogP contribution in [-0.2, 0) is 4.74 Å². The monoisotopic (exact) mass is 520 g/mol. The average molecular weight is 521 g/mol. The van der Waals surface area contributed by atoms with Gasteiger partial charge in [0.1, 0.15) is 53.3 Å². The molecule has 4 N–H and O–H groups in total. The van der Waals surface area contributed by atoms with Crippen molar-refractivity contribution in [1.82, 2.24) is 0 Å². The van der Waals surface area contributed by atoms with Crippen LogP contribution in [0.2, 0.25) is 0 Å². The van der Waals surface area contributed by atoms with E-state index in [0.29, 0.717) is 17.1 Å². The summed E-state index contributed by atoms with van der Waals surface area (Å²) in [7, 11) is 7.07. The molecule has 1 heterocycles. The molecule has 2 aromatic rings.